The van der Waals surface area contributed by atoms with Crippen molar-refractivity contribution in [2.45, 2.75) is 56.9 Å². The molecule has 2 heteroatoms. The van der Waals surface area contributed by atoms with Crippen molar-refractivity contribution in [3.8, 4) is 0 Å². The average molecular weight is 258 g/mol. The van der Waals surface area contributed by atoms with Gasteiger partial charge in [0.2, 0.25) is 0 Å². The maximum atomic E-state index is 5.78. The zero-order valence-electron chi connectivity index (χ0n) is 11.8. The molecular weight excluding hydrogens is 232 g/mol. The molecule has 2 rings (SSSR count). The van der Waals surface area contributed by atoms with Crippen molar-refractivity contribution in [3.63, 3.8) is 0 Å². The number of nitrogens with two attached hydrogens (primary N) is 1. The number of allylic oxidation sites excluding steroid dienone is 1. The number of nitrogens with one attached hydrogen (secondary N) is 1. The van der Waals surface area contributed by atoms with Crippen molar-refractivity contribution in [1.29, 1.82) is 0 Å². The highest BCUT2D eigenvalue weighted by Gasteiger charge is 2.28. The Morgan fingerprint density at radius 2 is 2.16 bits per heavy atom. The molecule has 1 aliphatic rings. The molecule has 0 aliphatic heterocycles. The lowest BCUT2D eigenvalue weighted by Gasteiger charge is -2.23. The van der Waals surface area contributed by atoms with Crippen LogP contribution in [0.25, 0.3) is 0 Å². The largest absolute Gasteiger partial charge is 0.271 e. The highest BCUT2D eigenvalue weighted by atomic mass is 15.2. The Bertz CT molecular complexity index is 400. The molecule has 0 bridgehead atoms. The summed E-state index contributed by atoms with van der Waals surface area (Å²) in [5.41, 5.74) is 6.08. The minimum absolute atomic E-state index is 0.424. The molecule has 1 aromatic rings. The van der Waals surface area contributed by atoms with Crippen LogP contribution in [0.4, 0.5) is 0 Å². The predicted octanol–water partition coefficient (Wildman–Crippen LogP) is 3.68. The molecule has 0 fully saturated rings. The fourth-order valence-electron chi connectivity index (χ4n) is 3.24. The van der Waals surface area contributed by atoms with Crippen molar-refractivity contribution in [2.75, 3.05) is 0 Å². The van der Waals surface area contributed by atoms with Crippen LogP contribution < -0.4 is 11.3 Å². The Balaban J connectivity index is 1.87. The van der Waals surface area contributed by atoms with Gasteiger partial charge in [0.25, 0.3) is 0 Å². The summed E-state index contributed by atoms with van der Waals surface area (Å²) < 4.78 is 0. The van der Waals surface area contributed by atoms with E-state index in [0.29, 0.717) is 12.0 Å². The number of fused-ring (bicyclic) bond motifs is 1. The quantitative estimate of drug-likeness (QED) is 0.323. The van der Waals surface area contributed by atoms with Gasteiger partial charge in [-0.2, -0.15) is 0 Å². The molecule has 1 aliphatic carbocycles. The highest BCUT2D eigenvalue weighted by molar-refractivity contribution is 5.35. The van der Waals surface area contributed by atoms with Gasteiger partial charge in [-0.15, -0.1) is 6.58 Å². The molecule has 0 heterocycles. The van der Waals surface area contributed by atoms with E-state index in [1.807, 2.05) is 6.08 Å². The van der Waals surface area contributed by atoms with Crippen LogP contribution in [-0.4, -0.2) is 6.04 Å². The van der Waals surface area contributed by atoms with E-state index in [1.54, 1.807) is 0 Å². The molecule has 0 radical (unpaired) electrons. The zero-order chi connectivity index (χ0) is 13.5. The summed E-state index contributed by atoms with van der Waals surface area (Å²) >= 11 is 0. The number of benzene rings is 1. The van der Waals surface area contributed by atoms with Crippen LogP contribution in [-0.2, 0) is 6.42 Å². The second-order valence-corrected chi connectivity index (χ2v) is 5.54. The maximum absolute atomic E-state index is 5.78. The molecule has 19 heavy (non-hydrogen) atoms. The Morgan fingerprint density at radius 3 is 2.95 bits per heavy atom. The second kappa shape index (κ2) is 7.46. The Labute approximate surface area is 117 Å². The summed E-state index contributed by atoms with van der Waals surface area (Å²) in [5.74, 6) is 6.38. The van der Waals surface area contributed by atoms with Crippen LogP contribution >= 0.6 is 0 Å². The monoisotopic (exact) mass is 258 g/mol. The molecule has 0 saturated heterocycles. The molecule has 104 valence electrons. The SMILES string of the molecule is C=CCCCCCC(NN)C1CCc2ccccc21. The third kappa shape index (κ3) is 3.68. The maximum Gasteiger partial charge on any atom is 0.0279 e. The van der Waals surface area contributed by atoms with Crippen molar-refractivity contribution in [2.24, 2.45) is 5.84 Å². The molecule has 1 aromatic carbocycles. The van der Waals surface area contributed by atoms with Gasteiger partial charge < -0.3 is 0 Å². The van der Waals surface area contributed by atoms with Crippen molar-refractivity contribution in [3.05, 3.63) is 48.0 Å². The first-order valence-electron chi connectivity index (χ1n) is 7.51. The molecule has 3 N–H and O–H groups in total. The van der Waals surface area contributed by atoms with Crippen LogP contribution in [0.5, 0.6) is 0 Å². The van der Waals surface area contributed by atoms with E-state index in [1.165, 1.54) is 49.7 Å². The van der Waals surface area contributed by atoms with Gasteiger partial charge in [-0.25, -0.2) is 0 Å². The first-order valence-corrected chi connectivity index (χ1v) is 7.51. The normalized spacial score (nSPS) is 19.1. The van der Waals surface area contributed by atoms with Gasteiger partial charge in [-0.05, 0) is 43.2 Å². The first-order chi connectivity index (χ1) is 9.36. The third-order valence-corrected chi connectivity index (χ3v) is 4.30. The molecule has 0 aromatic heterocycles. The third-order valence-electron chi connectivity index (χ3n) is 4.30. The van der Waals surface area contributed by atoms with E-state index in [0.717, 1.165) is 6.42 Å². The molecule has 2 unspecified atom stereocenters. The van der Waals surface area contributed by atoms with Gasteiger partial charge in [-0.1, -0.05) is 43.2 Å². The van der Waals surface area contributed by atoms with Crippen molar-refractivity contribution in [1.82, 2.24) is 5.43 Å². The van der Waals surface area contributed by atoms with Crippen molar-refractivity contribution >= 4 is 0 Å². The van der Waals surface area contributed by atoms with Gasteiger partial charge in [0.1, 0.15) is 0 Å². The Kier molecular flexibility index (Phi) is 5.62. The van der Waals surface area contributed by atoms with E-state index < -0.39 is 0 Å². The van der Waals surface area contributed by atoms with E-state index in [9.17, 15) is 0 Å². The lowest BCUT2D eigenvalue weighted by atomic mass is 9.90. The fourth-order valence-corrected chi connectivity index (χ4v) is 3.24. The fraction of sp³-hybridized carbons (Fsp3) is 0.529. The number of hydrogen-bond acceptors (Lipinski definition) is 2. The molecule has 0 saturated carbocycles. The lowest BCUT2D eigenvalue weighted by molar-refractivity contribution is 0.397. The highest BCUT2D eigenvalue weighted by Crippen LogP contribution is 2.36. The van der Waals surface area contributed by atoms with Gasteiger partial charge >= 0.3 is 0 Å². The van der Waals surface area contributed by atoms with Crippen LogP contribution in [0.1, 0.15) is 55.6 Å². The van der Waals surface area contributed by atoms with Gasteiger partial charge in [-0.3, -0.25) is 11.3 Å². The van der Waals surface area contributed by atoms with Crippen LogP contribution in [0.3, 0.4) is 0 Å². The summed E-state index contributed by atoms with van der Waals surface area (Å²) in [6.07, 6.45) is 10.5. The number of hydrogen-bond donors (Lipinski definition) is 2. The minimum atomic E-state index is 0.424. The average Bonchev–Trinajstić information content (AvgIpc) is 2.87. The standard InChI is InChI=1S/C17H26N2/c1-2-3-4-5-6-11-17(19-18)16-13-12-14-9-7-8-10-15(14)16/h2,7-10,16-17,19H,1,3-6,11-13,18H2. The van der Waals surface area contributed by atoms with Gasteiger partial charge in [0.15, 0.2) is 0 Å². The molecular formula is C17H26N2. The number of unbranched alkanes of at least 4 members (excludes halogenated alkanes) is 3. The van der Waals surface area contributed by atoms with Crippen molar-refractivity contribution < 1.29 is 0 Å². The van der Waals surface area contributed by atoms with E-state index in [2.05, 4.69) is 36.3 Å². The van der Waals surface area contributed by atoms with Gasteiger partial charge in [0, 0.05) is 12.0 Å². The van der Waals surface area contributed by atoms with Crippen LogP contribution in [0, 0.1) is 0 Å². The first kappa shape index (κ1) is 14.3. The number of hydrazine groups is 1. The second-order valence-electron chi connectivity index (χ2n) is 5.54. The Hall–Kier alpha value is -1.12. The summed E-state index contributed by atoms with van der Waals surface area (Å²) in [7, 11) is 0. The summed E-state index contributed by atoms with van der Waals surface area (Å²) in [6.45, 7) is 3.77. The van der Waals surface area contributed by atoms with E-state index in [-0.39, 0.29) is 0 Å². The predicted molar refractivity (Wildman–Crippen MR) is 81.9 cm³/mol. The summed E-state index contributed by atoms with van der Waals surface area (Å²) in [4.78, 5) is 0. The zero-order valence-corrected chi connectivity index (χ0v) is 11.8. The minimum Gasteiger partial charge on any atom is -0.271 e. The topological polar surface area (TPSA) is 38.0 Å². The molecule has 2 atom stereocenters. The summed E-state index contributed by atoms with van der Waals surface area (Å²) in [5, 5.41) is 0. The summed E-state index contributed by atoms with van der Waals surface area (Å²) in [6, 6.07) is 9.24. The smallest absolute Gasteiger partial charge is 0.0279 e. The van der Waals surface area contributed by atoms with E-state index >= 15 is 0 Å². The molecule has 0 amide bonds. The van der Waals surface area contributed by atoms with Crippen LogP contribution in [0.15, 0.2) is 36.9 Å². The molecule has 2 nitrogen and oxygen atoms in total. The van der Waals surface area contributed by atoms with E-state index in [4.69, 9.17) is 5.84 Å². The van der Waals surface area contributed by atoms with Crippen LogP contribution in [0.2, 0.25) is 0 Å². The number of rotatable bonds is 8. The molecule has 0 spiro atoms. The van der Waals surface area contributed by atoms with Gasteiger partial charge in [0.05, 0.1) is 0 Å². The lowest BCUT2D eigenvalue weighted by Crippen LogP contribution is -2.39. The number of aryl methyl sites for hydroxylation is 1. The Morgan fingerprint density at radius 1 is 1.32 bits per heavy atom.